The third-order valence-electron chi connectivity index (χ3n) is 4.52. The van der Waals surface area contributed by atoms with Gasteiger partial charge in [0.05, 0.1) is 0 Å². The Balaban J connectivity index is 4.03. The zero-order chi connectivity index (χ0) is 23.4. The van der Waals surface area contributed by atoms with E-state index in [2.05, 4.69) is 31.3 Å². The molecule has 0 spiro atoms. The third-order valence-corrected chi connectivity index (χ3v) is 8.26. The van der Waals surface area contributed by atoms with E-state index in [4.69, 9.17) is 0 Å². The third kappa shape index (κ3) is 16.0. The summed E-state index contributed by atoms with van der Waals surface area (Å²) in [6.45, 7) is 9.54. The van der Waals surface area contributed by atoms with Crippen molar-refractivity contribution in [3.8, 4) is 0 Å². The molecule has 0 saturated heterocycles. The minimum absolute atomic E-state index is 0.0624. The van der Waals surface area contributed by atoms with Crippen LogP contribution in [0.25, 0.3) is 0 Å². The van der Waals surface area contributed by atoms with Crippen molar-refractivity contribution in [2.75, 3.05) is 86.0 Å². The Kier molecular flexibility index (Phi) is 14.0. The first kappa shape index (κ1) is 29.2. The van der Waals surface area contributed by atoms with Crippen LogP contribution in [0, 0.1) is 0 Å². The summed E-state index contributed by atoms with van der Waals surface area (Å²) in [7, 11) is 12.4. The van der Waals surface area contributed by atoms with E-state index in [-0.39, 0.29) is 39.4 Å². The fourth-order valence-corrected chi connectivity index (χ4v) is 5.34. The van der Waals surface area contributed by atoms with Gasteiger partial charge in [0.25, 0.3) is 0 Å². The van der Waals surface area contributed by atoms with Gasteiger partial charge in [-0.25, -0.2) is 0 Å². The minimum atomic E-state index is -0.251. The van der Waals surface area contributed by atoms with Crippen molar-refractivity contribution in [3.63, 3.8) is 0 Å². The number of aliphatic hydroxyl groups is 1. The summed E-state index contributed by atoms with van der Waals surface area (Å²) in [4.78, 5) is 25.8. The molecule has 0 saturated carbocycles. The van der Waals surface area contributed by atoms with Crippen LogP contribution in [0.5, 0.6) is 0 Å². The molecule has 3 N–H and O–H groups in total. The van der Waals surface area contributed by atoms with Crippen molar-refractivity contribution in [1.82, 2.24) is 15.5 Å². The molecular weight excluding hydrogens is 497 g/mol. The van der Waals surface area contributed by atoms with Gasteiger partial charge in [0.15, 0.2) is 0 Å². The van der Waals surface area contributed by atoms with Crippen molar-refractivity contribution in [2.24, 2.45) is 0 Å². The van der Waals surface area contributed by atoms with Crippen LogP contribution in [0.3, 0.4) is 0 Å². The summed E-state index contributed by atoms with van der Waals surface area (Å²) in [5.74, 6) is -0.0543. The molecule has 0 aromatic rings. The van der Waals surface area contributed by atoms with Crippen LogP contribution in [0.15, 0.2) is 12.2 Å². The molecule has 1 atom stereocenters. The molecule has 0 heterocycles. The number of carbonyl (C=O) groups excluding carboxylic acids is 2. The first-order chi connectivity index (χ1) is 13.7. The first-order valence-corrected chi connectivity index (χ1v) is 13.0. The number of halogens is 1. The second-order valence-electron chi connectivity index (χ2n) is 9.36. The molecule has 9 heteroatoms. The summed E-state index contributed by atoms with van der Waals surface area (Å²) >= 11 is -0.159. The predicted octanol–water partition coefficient (Wildman–Crippen LogP) is -3.35. The molecule has 0 aliphatic carbocycles. The Labute approximate surface area is 194 Å². The molecule has 0 aromatic carbocycles. The maximum absolute atomic E-state index is 12.3. The molecule has 0 radical (unpaired) electrons. The zero-order valence-electron chi connectivity index (χ0n) is 20.1. The van der Waals surface area contributed by atoms with Gasteiger partial charge < -0.3 is 0 Å². The number of quaternary nitrogens is 2. The van der Waals surface area contributed by atoms with Crippen molar-refractivity contribution in [3.05, 3.63) is 12.2 Å². The second-order valence-corrected chi connectivity index (χ2v) is 13.5. The fraction of sp³-hybridized carbons (Fsp3) is 0.810. The van der Waals surface area contributed by atoms with Gasteiger partial charge in [0.2, 0.25) is 5.91 Å². The van der Waals surface area contributed by atoms with E-state index < -0.39 is 0 Å². The molecule has 30 heavy (non-hydrogen) atoms. The monoisotopic (exact) mass is 542 g/mol. The van der Waals surface area contributed by atoms with Gasteiger partial charge in [-0.2, -0.15) is 0 Å². The predicted molar refractivity (Wildman–Crippen MR) is 118 cm³/mol. The number of alkyl halides is 1. The molecule has 2 amide bonds. The standard InChI is InChI=1S/C21H44IN5O3/c1-18(2)21(30)24-12-9-13-26(5,6)17-20(29)23-11-10-14-27(7,8)22-15-19(28)16-25(3)4/h19,28H,1,9-17H2,2-8H3,(H-,23,24,29,30)/p+1. The Bertz CT molecular complexity index is 553. The van der Waals surface area contributed by atoms with E-state index in [1.165, 1.54) is 0 Å². The number of aliphatic hydroxyl groups excluding tert-OH is 1. The van der Waals surface area contributed by atoms with E-state index in [0.717, 1.165) is 33.1 Å². The molecule has 0 fully saturated rings. The van der Waals surface area contributed by atoms with Crippen LogP contribution >= 0.6 is 0 Å². The SMILES string of the molecule is C=C(C)C(=O)NCCC[N+](C)(C)CC(=O)NCCC[N+](C)(C)[I-]CC(O)CN(C)C. The average molecular weight is 543 g/mol. The van der Waals surface area contributed by atoms with Crippen LogP contribution < -0.4 is 32.1 Å². The number of likely N-dealkylation sites (N-methyl/N-ethyl adjacent to an activating group) is 2. The van der Waals surface area contributed by atoms with Gasteiger partial charge in [-0.3, -0.25) is 4.79 Å². The van der Waals surface area contributed by atoms with Gasteiger partial charge >= 0.3 is 165 Å². The molecule has 0 aromatic heterocycles. The van der Waals surface area contributed by atoms with Crippen molar-refractivity contribution < 1.29 is 43.4 Å². The first-order valence-electron chi connectivity index (χ1n) is 10.5. The summed E-state index contributed by atoms with van der Waals surface area (Å²) in [5, 5.41) is 15.9. The van der Waals surface area contributed by atoms with Gasteiger partial charge in [-0.1, -0.05) is 6.58 Å². The zero-order valence-corrected chi connectivity index (χ0v) is 22.3. The molecule has 0 aliphatic rings. The van der Waals surface area contributed by atoms with E-state index in [1.807, 2.05) is 33.1 Å². The Morgan fingerprint density at radius 3 is 2.20 bits per heavy atom. The van der Waals surface area contributed by atoms with Crippen LogP contribution in [-0.4, -0.2) is 121 Å². The van der Waals surface area contributed by atoms with E-state index in [0.29, 0.717) is 36.2 Å². The van der Waals surface area contributed by atoms with E-state index in [9.17, 15) is 14.7 Å². The Hall–Kier alpha value is -0.750. The summed E-state index contributed by atoms with van der Waals surface area (Å²) < 4.78 is 2.41. The molecule has 0 aliphatic heterocycles. The van der Waals surface area contributed by atoms with Crippen LogP contribution in [0.2, 0.25) is 0 Å². The molecule has 1 unspecified atom stereocenters. The normalized spacial score (nSPS) is 13.4. The van der Waals surface area contributed by atoms with Crippen LogP contribution in [0.4, 0.5) is 0 Å². The fourth-order valence-electron chi connectivity index (χ4n) is 2.86. The van der Waals surface area contributed by atoms with Crippen molar-refractivity contribution in [1.29, 1.82) is 0 Å². The molecule has 0 rings (SSSR count). The number of amides is 2. The number of hydrogen-bond acceptors (Lipinski definition) is 4. The molecule has 178 valence electrons. The number of rotatable bonds is 16. The average Bonchev–Trinajstić information content (AvgIpc) is 2.59. The topological polar surface area (TPSA) is 81.7 Å². The van der Waals surface area contributed by atoms with Crippen LogP contribution in [-0.2, 0) is 9.59 Å². The van der Waals surface area contributed by atoms with E-state index in [1.54, 1.807) is 6.92 Å². The van der Waals surface area contributed by atoms with Gasteiger partial charge in [0, 0.05) is 5.57 Å². The molecular formula is C21H45IN5O3+. The van der Waals surface area contributed by atoms with Crippen LogP contribution in [0.1, 0.15) is 19.8 Å². The van der Waals surface area contributed by atoms with Gasteiger partial charge in [0.1, 0.15) is 0 Å². The van der Waals surface area contributed by atoms with Crippen molar-refractivity contribution >= 4 is 11.8 Å². The van der Waals surface area contributed by atoms with Crippen molar-refractivity contribution in [2.45, 2.75) is 25.9 Å². The Morgan fingerprint density at radius 1 is 1.07 bits per heavy atom. The summed E-state index contributed by atoms with van der Waals surface area (Å²) in [6.07, 6.45) is 1.50. The molecule has 8 nitrogen and oxygen atoms in total. The number of carbonyl (C=O) groups is 2. The number of hydrogen-bond donors (Lipinski definition) is 3. The maximum atomic E-state index is 12.3. The molecule has 0 bridgehead atoms. The van der Waals surface area contributed by atoms with Gasteiger partial charge in [-0.05, 0) is 6.92 Å². The quantitative estimate of drug-likeness (QED) is 0.0476. The van der Waals surface area contributed by atoms with E-state index >= 15 is 0 Å². The van der Waals surface area contributed by atoms with Gasteiger partial charge in [-0.15, -0.1) is 0 Å². The number of nitrogens with zero attached hydrogens (tertiary/aromatic N) is 3. The second kappa shape index (κ2) is 14.3. The summed E-state index contributed by atoms with van der Waals surface area (Å²) in [5.41, 5.74) is 0.511. The Morgan fingerprint density at radius 2 is 1.63 bits per heavy atom. The summed E-state index contributed by atoms with van der Waals surface area (Å²) in [6, 6.07) is 0. The number of nitrogens with one attached hydrogen (secondary N) is 2.